The lowest BCUT2D eigenvalue weighted by molar-refractivity contribution is -0.137. The van der Waals surface area contributed by atoms with Crippen molar-refractivity contribution < 1.29 is 13.2 Å². The van der Waals surface area contributed by atoms with Gasteiger partial charge in [0.1, 0.15) is 0 Å². The van der Waals surface area contributed by atoms with Gasteiger partial charge in [0.15, 0.2) is 0 Å². The van der Waals surface area contributed by atoms with Gasteiger partial charge in [0.25, 0.3) is 0 Å². The van der Waals surface area contributed by atoms with Crippen LogP contribution in [0, 0.1) is 0 Å². The van der Waals surface area contributed by atoms with Crippen molar-refractivity contribution in [2.45, 2.75) is 6.18 Å². The summed E-state index contributed by atoms with van der Waals surface area (Å²) in [6.07, 6.45) is -2.70. The number of nitrogens with zero attached hydrogens (tertiary/aromatic N) is 2. The molecule has 0 saturated heterocycles. The van der Waals surface area contributed by atoms with Crippen molar-refractivity contribution in [3.8, 4) is 16.3 Å². The highest BCUT2D eigenvalue weighted by Gasteiger charge is 2.30. The number of benzene rings is 2. The van der Waals surface area contributed by atoms with Gasteiger partial charge in [0, 0.05) is 14.6 Å². The van der Waals surface area contributed by atoms with Crippen LogP contribution in [0.15, 0.2) is 65.3 Å². The number of alkyl halides is 3. The maximum absolute atomic E-state index is 12.8. The van der Waals surface area contributed by atoms with Crippen LogP contribution in [-0.4, -0.2) is 9.78 Å². The Kier molecular flexibility index (Phi) is 3.92. The average Bonchev–Trinajstić information content (AvgIpc) is 3.19. The Hall–Kier alpha value is -2.12. The summed E-state index contributed by atoms with van der Waals surface area (Å²) in [5.74, 6) is 0. The number of fused-ring (bicyclic) bond motifs is 1. The minimum absolute atomic E-state index is 0.581. The summed E-state index contributed by atoms with van der Waals surface area (Å²) in [7, 11) is 0. The van der Waals surface area contributed by atoms with Crippen molar-refractivity contribution in [2.75, 3.05) is 0 Å². The molecule has 126 valence electrons. The lowest BCUT2D eigenvalue weighted by Crippen LogP contribution is -2.05. The predicted octanol–water partition coefficient (Wildman–Crippen LogP) is 6.54. The van der Waals surface area contributed by atoms with E-state index in [1.165, 1.54) is 12.1 Å². The SMILES string of the molecule is FC(F)(F)c1ccc(-n2nccc2-c2sc3ccccc3c2Br)cc1. The van der Waals surface area contributed by atoms with E-state index in [4.69, 9.17) is 0 Å². The lowest BCUT2D eigenvalue weighted by Gasteiger charge is -2.10. The van der Waals surface area contributed by atoms with Crippen molar-refractivity contribution in [1.82, 2.24) is 9.78 Å². The van der Waals surface area contributed by atoms with Gasteiger partial charge in [-0.25, -0.2) is 4.68 Å². The highest BCUT2D eigenvalue weighted by atomic mass is 79.9. The van der Waals surface area contributed by atoms with Crippen LogP contribution >= 0.6 is 27.3 Å². The van der Waals surface area contributed by atoms with Gasteiger partial charge in [-0.05, 0) is 52.3 Å². The van der Waals surface area contributed by atoms with Crippen molar-refractivity contribution in [3.63, 3.8) is 0 Å². The summed E-state index contributed by atoms with van der Waals surface area (Å²) in [4.78, 5) is 0.985. The maximum Gasteiger partial charge on any atom is 0.416 e. The molecule has 0 N–H and O–H groups in total. The molecule has 0 saturated carbocycles. The van der Waals surface area contributed by atoms with Crippen LogP contribution < -0.4 is 0 Å². The first-order valence-electron chi connectivity index (χ1n) is 7.34. The zero-order valence-electron chi connectivity index (χ0n) is 12.6. The third-order valence-electron chi connectivity index (χ3n) is 3.85. The molecule has 4 rings (SSSR count). The van der Waals surface area contributed by atoms with Gasteiger partial charge >= 0.3 is 6.18 Å². The van der Waals surface area contributed by atoms with E-state index in [0.717, 1.165) is 37.3 Å². The fourth-order valence-electron chi connectivity index (χ4n) is 2.65. The average molecular weight is 423 g/mol. The normalized spacial score (nSPS) is 12.0. The van der Waals surface area contributed by atoms with Crippen molar-refractivity contribution >= 4 is 37.4 Å². The summed E-state index contributed by atoms with van der Waals surface area (Å²) in [6, 6.07) is 14.9. The number of aromatic nitrogens is 2. The Bertz CT molecular complexity index is 1050. The quantitative estimate of drug-likeness (QED) is 0.358. The second-order valence-electron chi connectivity index (χ2n) is 5.41. The monoisotopic (exact) mass is 422 g/mol. The molecular weight excluding hydrogens is 413 g/mol. The van der Waals surface area contributed by atoms with Crippen LogP contribution in [-0.2, 0) is 6.18 Å². The van der Waals surface area contributed by atoms with Crippen LogP contribution in [0.4, 0.5) is 13.2 Å². The number of hydrogen-bond donors (Lipinski definition) is 0. The molecule has 2 aromatic heterocycles. The minimum atomic E-state index is -4.35. The molecule has 7 heteroatoms. The Morgan fingerprint density at radius 3 is 2.36 bits per heavy atom. The molecule has 2 heterocycles. The van der Waals surface area contributed by atoms with E-state index in [1.807, 2.05) is 30.3 Å². The Labute approximate surface area is 153 Å². The molecule has 2 aromatic carbocycles. The third kappa shape index (κ3) is 2.87. The number of rotatable bonds is 2. The summed E-state index contributed by atoms with van der Waals surface area (Å²) in [5.41, 5.74) is 0.734. The van der Waals surface area contributed by atoms with E-state index in [-0.39, 0.29) is 0 Å². The van der Waals surface area contributed by atoms with Crippen LogP contribution in [0.25, 0.3) is 26.3 Å². The minimum Gasteiger partial charge on any atom is -0.232 e. The Balaban J connectivity index is 1.82. The van der Waals surface area contributed by atoms with Gasteiger partial charge in [-0.15, -0.1) is 11.3 Å². The number of halogens is 4. The standard InChI is InChI=1S/C18H10BrF3N2S/c19-16-13-3-1-2-4-15(13)25-17(16)14-9-10-23-24(14)12-7-5-11(6-8-12)18(20,21)22/h1-10H. The topological polar surface area (TPSA) is 17.8 Å². The van der Waals surface area contributed by atoms with Gasteiger partial charge < -0.3 is 0 Å². The first-order valence-corrected chi connectivity index (χ1v) is 8.95. The second kappa shape index (κ2) is 6.00. The second-order valence-corrected chi connectivity index (χ2v) is 7.26. The van der Waals surface area contributed by atoms with Crippen LogP contribution in [0.2, 0.25) is 0 Å². The fraction of sp³-hybridized carbons (Fsp3) is 0.0556. The van der Waals surface area contributed by atoms with E-state index in [9.17, 15) is 13.2 Å². The molecule has 4 aromatic rings. The molecule has 0 aliphatic heterocycles. The molecule has 0 unspecified atom stereocenters. The maximum atomic E-state index is 12.8. The van der Waals surface area contributed by atoms with Crippen LogP contribution in [0.1, 0.15) is 5.56 Å². The summed E-state index contributed by atoms with van der Waals surface area (Å²) in [6.45, 7) is 0. The predicted molar refractivity (Wildman–Crippen MR) is 97.1 cm³/mol. The van der Waals surface area contributed by atoms with Gasteiger partial charge in [0.05, 0.1) is 28.0 Å². The molecule has 0 aliphatic rings. The third-order valence-corrected chi connectivity index (χ3v) is 6.13. The number of thiophene rings is 1. The molecule has 0 radical (unpaired) electrons. The number of hydrogen-bond acceptors (Lipinski definition) is 2. The molecule has 2 nitrogen and oxygen atoms in total. The van der Waals surface area contributed by atoms with Gasteiger partial charge in [-0.2, -0.15) is 18.3 Å². The summed E-state index contributed by atoms with van der Waals surface area (Å²) >= 11 is 5.25. The fourth-order valence-corrected chi connectivity index (χ4v) is 4.68. The first kappa shape index (κ1) is 16.4. The highest BCUT2D eigenvalue weighted by molar-refractivity contribution is 9.10. The van der Waals surface area contributed by atoms with Crippen molar-refractivity contribution in [2.24, 2.45) is 0 Å². The highest BCUT2D eigenvalue weighted by Crippen LogP contribution is 2.42. The largest absolute Gasteiger partial charge is 0.416 e. The zero-order chi connectivity index (χ0) is 17.6. The molecule has 0 spiro atoms. The molecule has 0 aliphatic carbocycles. The van der Waals surface area contributed by atoms with Crippen molar-refractivity contribution in [1.29, 1.82) is 0 Å². The van der Waals surface area contributed by atoms with Gasteiger partial charge in [-0.1, -0.05) is 18.2 Å². The van der Waals surface area contributed by atoms with E-state index < -0.39 is 11.7 Å². The molecule has 0 fully saturated rings. The van der Waals surface area contributed by atoms with Crippen LogP contribution in [0.5, 0.6) is 0 Å². The molecule has 0 atom stereocenters. The summed E-state index contributed by atoms with van der Waals surface area (Å²) < 4.78 is 42.0. The molecule has 0 amide bonds. The van der Waals surface area contributed by atoms with Gasteiger partial charge in [0.2, 0.25) is 0 Å². The van der Waals surface area contributed by atoms with E-state index in [1.54, 1.807) is 22.2 Å². The summed E-state index contributed by atoms with van der Waals surface area (Å²) in [5, 5.41) is 5.39. The Morgan fingerprint density at radius 2 is 1.68 bits per heavy atom. The van der Waals surface area contributed by atoms with E-state index in [0.29, 0.717) is 5.69 Å². The smallest absolute Gasteiger partial charge is 0.232 e. The van der Waals surface area contributed by atoms with E-state index in [2.05, 4.69) is 21.0 Å². The molecular formula is C18H10BrF3N2S. The Morgan fingerprint density at radius 1 is 0.960 bits per heavy atom. The molecule has 25 heavy (non-hydrogen) atoms. The molecule has 0 bridgehead atoms. The lowest BCUT2D eigenvalue weighted by atomic mass is 10.2. The van der Waals surface area contributed by atoms with Crippen molar-refractivity contribution in [3.05, 3.63) is 70.8 Å². The first-order chi connectivity index (χ1) is 11.9. The van der Waals surface area contributed by atoms with Gasteiger partial charge in [-0.3, -0.25) is 0 Å². The van der Waals surface area contributed by atoms with E-state index >= 15 is 0 Å². The zero-order valence-corrected chi connectivity index (χ0v) is 15.0. The van der Waals surface area contributed by atoms with Crippen LogP contribution in [0.3, 0.4) is 0 Å².